The van der Waals surface area contributed by atoms with E-state index in [9.17, 15) is 4.79 Å². The van der Waals surface area contributed by atoms with Crippen molar-refractivity contribution >= 4 is 5.78 Å². The number of carbonyl (C=O) groups excluding carboxylic acids is 1. The summed E-state index contributed by atoms with van der Waals surface area (Å²) in [6, 6.07) is 6.90. The number of nitrogens with zero attached hydrogens (tertiary/aromatic N) is 1. The summed E-state index contributed by atoms with van der Waals surface area (Å²) in [5.74, 6) is 0.141. The molecule has 0 aromatic carbocycles. The molecule has 0 bridgehead atoms. The molecule has 0 radical (unpaired) electrons. The third kappa shape index (κ3) is 1.57. The minimum absolute atomic E-state index is 0.182. The van der Waals surface area contributed by atoms with E-state index >= 15 is 0 Å². The molecule has 0 aliphatic carbocycles. The van der Waals surface area contributed by atoms with Gasteiger partial charge in [0.25, 0.3) is 0 Å². The highest BCUT2D eigenvalue weighted by molar-refractivity contribution is 6.05. The molecule has 0 amide bonds. The van der Waals surface area contributed by atoms with Crippen LogP contribution in [0.3, 0.4) is 0 Å². The van der Waals surface area contributed by atoms with E-state index in [1.165, 1.54) is 6.26 Å². The summed E-state index contributed by atoms with van der Waals surface area (Å²) >= 11 is 0. The zero-order valence-electron chi connectivity index (χ0n) is 7.73. The number of aromatic nitrogens is 1. The standard InChI is InChI=1S/C11H9NO2/c1-8-4-5-12-9(7-8)11(13)10-3-2-6-14-10/h2-7H,1H3. The lowest BCUT2D eigenvalue weighted by Crippen LogP contribution is -2.02. The third-order valence-electron chi connectivity index (χ3n) is 1.89. The second kappa shape index (κ2) is 3.46. The maximum absolute atomic E-state index is 11.7. The Hall–Kier alpha value is -1.90. The molecule has 0 saturated carbocycles. The van der Waals surface area contributed by atoms with Crippen molar-refractivity contribution in [2.75, 3.05) is 0 Å². The predicted molar refractivity (Wildman–Crippen MR) is 51.1 cm³/mol. The van der Waals surface area contributed by atoms with Crippen LogP contribution >= 0.6 is 0 Å². The Bertz CT molecular complexity index is 446. The van der Waals surface area contributed by atoms with Gasteiger partial charge in [0.2, 0.25) is 5.78 Å². The first-order chi connectivity index (χ1) is 6.77. The maximum atomic E-state index is 11.7. The number of ketones is 1. The fourth-order valence-corrected chi connectivity index (χ4v) is 1.19. The summed E-state index contributed by atoms with van der Waals surface area (Å²) in [7, 11) is 0. The van der Waals surface area contributed by atoms with Crippen molar-refractivity contribution in [1.29, 1.82) is 0 Å². The number of rotatable bonds is 2. The van der Waals surface area contributed by atoms with Crippen molar-refractivity contribution in [3.05, 3.63) is 53.7 Å². The van der Waals surface area contributed by atoms with Gasteiger partial charge in [-0.3, -0.25) is 9.78 Å². The normalized spacial score (nSPS) is 10.1. The van der Waals surface area contributed by atoms with Crippen LogP contribution in [0.15, 0.2) is 41.1 Å². The van der Waals surface area contributed by atoms with E-state index in [1.54, 1.807) is 24.4 Å². The highest BCUT2D eigenvalue weighted by Crippen LogP contribution is 2.09. The molecule has 0 saturated heterocycles. The van der Waals surface area contributed by atoms with Crippen LogP contribution in [0, 0.1) is 6.92 Å². The van der Waals surface area contributed by atoms with E-state index in [1.807, 2.05) is 13.0 Å². The van der Waals surface area contributed by atoms with E-state index < -0.39 is 0 Å². The Morgan fingerprint density at radius 3 is 2.93 bits per heavy atom. The molecule has 2 aromatic heterocycles. The molecule has 2 aromatic rings. The van der Waals surface area contributed by atoms with Crippen molar-refractivity contribution in [2.24, 2.45) is 0 Å². The second-order valence-electron chi connectivity index (χ2n) is 3.02. The lowest BCUT2D eigenvalue weighted by molar-refractivity contribution is 0.100. The van der Waals surface area contributed by atoms with Gasteiger partial charge in [-0.2, -0.15) is 0 Å². The minimum Gasteiger partial charge on any atom is -0.461 e. The number of hydrogen-bond acceptors (Lipinski definition) is 3. The van der Waals surface area contributed by atoms with Crippen LogP contribution in [0.5, 0.6) is 0 Å². The highest BCUT2D eigenvalue weighted by atomic mass is 16.3. The number of hydrogen-bond donors (Lipinski definition) is 0. The average Bonchev–Trinajstić information content (AvgIpc) is 2.69. The van der Waals surface area contributed by atoms with Crippen molar-refractivity contribution < 1.29 is 9.21 Å². The molecular weight excluding hydrogens is 178 g/mol. The summed E-state index contributed by atoms with van der Waals surface area (Å²) in [5, 5.41) is 0. The van der Waals surface area contributed by atoms with Crippen molar-refractivity contribution in [3.63, 3.8) is 0 Å². The average molecular weight is 187 g/mol. The molecule has 0 atom stereocenters. The van der Waals surface area contributed by atoms with Gasteiger partial charge >= 0.3 is 0 Å². The van der Waals surface area contributed by atoms with Gasteiger partial charge in [0.05, 0.1) is 6.26 Å². The SMILES string of the molecule is Cc1ccnc(C(=O)c2ccco2)c1. The van der Waals surface area contributed by atoms with E-state index in [2.05, 4.69) is 4.98 Å². The van der Waals surface area contributed by atoms with E-state index in [0.717, 1.165) is 5.56 Å². The van der Waals surface area contributed by atoms with Crippen LogP contribution in [0.1, 0.15) is 21.8 Å². The zero-order chi connectivity index (χ0) is 9.97. The van der Waals surface area contributed by atoms with Gasteiger partial charge in [-0.15, -0.1) is 0 Å². The summed E-state index contributed by atoms with van der Waals surface area (Å²) in [6.45, 7) is 1.92. The van der Waals surface area contributed by atoms with Crippen molar-refractivity contribution in [2.45, 2.75) is 6.92 Å². The van der Waals surface area contributed by atoms with Crippen LogP contribution in [0.25, 0.3) is 0 Å². The van der Waals surface area contributed by atoms with Gasteiger partial charge < -0.3 is 4.42 Å². The van der Waals surface area contributed by atoms with Crippen LogP contribution in [0.2, 0.25) is 0 Å². The molecule has 0 spiro atoms. The molecular formula is C11H9NO2. The van der Waals surface area contributed by atoms with Crippen LogP contribution in [0.4, 0.5) is 0 Å². The second-order valence-corrected chi connectivity index (χ2v) is 3.02. The monoisotopic (exact) mass is 187 g/mol. The van der Waals surface area contributed by atoms with Crippen molar-refractivity contribution in [3.8, 4) is 0 Å². The Balaban J connectivity index is 2.37. The first-order valence-electron chi connectivity index (χ1n) is 4.28. The molecule has 3 nitrogen and oxygen atoms in total. The molecule has 0 fully saturated rings. The summed E-state index contributed by atoms with van der Waals surface area (Å²) < 4.78 is 5.00. The fraction of sp³-hybridized carbons (Fsp3) is 0.0909. The van der Waals surface area contributed by atoms with Gasteiger partial charge in [-0.1, -0.05) is 0 Å². The Labute approximate surface area is 81.4 Å². The Kier molecular flexibility index (Phi) is 2.14. The smallest absolute Gasteiger partial charge is 0.246 e. The zero-order valence-corrected chi connectivity index (χ0v) is 7.73. The Morgan fingerprint density at radius 1 is 1.43 bits per heavy atom. The lowest BCUT2D eigenvalue weighted by atomic mass is 10.1. The first kappa shape index (κ1) is 8.69. The van der Waals surface area contributed by atoms with Gasteiger partial charge in [0, 0.05) is 6.20 Å². The maximum Gasteiger partial charge on any atom is 0.246 e. The van der Waals surface area contributed by atoms with Crippen LogP contribution < -0.4 is 0 Å². The van der Waals surface area contributed by atoms with Gasteiger partial charge in [-0.25, -0.2) is 0 Å². The molecule has 2 heterocycles. The quantitative estimate of drug-likeness (QED) is 0.677. The van der Waals surface area contributed by atoms with E-state index in [4.69, 9.17) is 4.42 Å². The van der Waals surface area contributed by atoms with E-state index in [-0.39, 0.29) is 5.78 Å². The molecule has 0 aliphatic rings. The number of furan rings is 1. The summed E-state index contributed by atoms with van der Waals surface area (Å²) in [4.78, 5) is 15.7. The molecule has 0 N–H and O–H groups in total. The topological polar surface area (TPSA) is 43.1 Å². The molecule has 0 aliphatic heterocycles. The van der Waals surface area contributed by atoms with Gasteiger partial charge in [0.15, 0.2) is 5.76 Å². The van der Waals surface area contributed by atoms with Gasteiger partial charge in [0.1, 0.15) is 5.69 Å². The predicted octanol–water partition coefficient (Wildman–Crippen LogP) is 2.21. The lowest BCUT2D eigenvalue weighted by Gasteiger charge is -1.97. The van der Waals surface area contributed by atoms with Crippen LogP contribution in [-0.4, -0.2) is 10.8 Å². The van der Waals surface area contributed by atoms with Crippen LogP contribution in [-0.2, 0) is 0 Å². The highest BCUT2D eigenvalue weighted by Gasteiger charge is 2.12. The number of aryl methyl sites for hydroxylation is 1. The third-order valence-corrected chi connectivity index (χ3v) is 1.89. The van der Waals surface area contributed by atoms with Gasteiger partial charge in [-0.05, 0) is 36.8 Å². The first-order valence-corrected chi connectivity index (χ1v) is 4.28. The number of carbonyl (C=O) groups is 1. The molecule has 0 unspecified atom stereocenters. The fourth-order valence-electron chi connectivity index (χ4n) is 1.19. The Morgan fingerprint density at radius 2 is 2.29 bits per heavy atom. The number of pyridine rings is 1. The van der Waals surface area contributed by atoms with E-state index in [0.29, 0.717) is 11.5 Å². The molecule has 70 valence electrons. The summed E-state index contributed by atoms with van der Waals surface area (Å²) in [5.41, 5.74) is 1.43. The molecule has 2 rings (SSSR count). The summed E-state index contributed by atoms with van der Waals surface area (Å²) in [6.07, 6.45) is 3.09. The molecule has 3 heteroatoms. The molecule has 14 heavy (non-hydrogen) atoms. The minimum atomic E-state index is -0.182. The van der Waals surface area contributed by atoms with Crippen molar-refractivity contribution in [1.82, 2.24) is 4.98 Å². The largest absolute Gasteiger partial charge is 0.461 e.